The standard InChI is InChI=1S/C13H21NO2/c1-10-2-4-11(5-3-10)6-7-14-9-12(15)8-13(14)16/h10-11H,2-9H2,1H3. The maximum absolute atomic E-state index is 11.4. The van der Waals surface area contributed by atoms with Gasteiger partial charge in [0.25, 0.3) is 0 Å². The molecule has 0 aromatic rings. The molecule has 16 heavy (non-hydrogen) atoms. The number of rotatable bonds is 3. The van der Waals surface area contributed by atoms with E-state index in [-0.39, 0.29) is 18.1 Å². The number of nitrogens with zero attached hydrogens (tertiary/aromatic N) is 1. The Morgan fingerprint density at radius 1 is 1.19 bits per heavy atom. The molecule has 90 valence electrons. The van der Waals surface area contributed by atoms with E-state index in [1.165, 1.54) is 25.7 Å². The van der Waals surface area contributed by atoms with Crippen LogP contribution in [-0.2, 0) is 9.59 Å². The van der Waals surface area contributed by atoms with E-state index in [0.717, 1.165) is 24.8 Å². The van der Waals surface area contributed by atoms with Crippen LogP contribution in [0.2, 0.25) is 0 Å². The van der Waals surface area contributed by atoms with Gasteiger partial charge in [0.2, 0.25) is 5.91 Å². The first kappa shape index (κ1) is 11.6. The first-order chi connectivity index (χ1) is 7.65. The molecule has 2 rings (SSSR count). The molecule has 0 radical (unpaired) electrons. The first-order valence-electron chi connectivity index (χ1n) is 6.44. The third-order valence-electron chi connectivity index (χ3n) is 4.01. The van der Waals surface area contributed by atoms with Crippen molar-refractivity contribution in [1.29, 1.82) is 0 Å². The summed E-state index contributed by atoms with van der Waals surface area (Å²) < 4.78 is 0. The number of ketones is 1. The molecule has 1 aliphatic heterocycles. The monoisotopic (exact) mass is 223 g/mol. The quantitative estimate of drug-likeness (QED) is 0.686. The molecule has 1 heterocycles. The number of carbonyl (C=O) groups is 2. The Labute approximate surface area is 97.2 Å². The summed E-state index contributed by atoms with van der Waals surface area (Å²) in [6.45, 7) is 3.48. The third-order valence-corrected chi connectivity index (χ3v) is 4.01. The normalized spacial score (nSPS) is 31.2. The van der Waals surface area contributed by atoms with Gasteiger partial charge >= 0.3 is 0 Å². The second kappa shape index (κ2) is 4.98. The Kier molecular flexibility index (Phi) is 3.62. The van der Waals surface area contributed by atoms with Crippen LogP contribution in [0, 0.1) is 11.8 Å². The van der Waals surface area contributed by atoms with Crippen LogP contribution < -0.4 is 0 Å². The molecule has 1 amide bonds. The van der Waals surface area contributed by atoms with Gasteiger partial charge in [-0.2, -0.15) is 0 Å². The van der Waals surface area contributed by atoms with Crippen LogP contribution in [0.4, 0.5) is 0 Å². The highest BCUT2D eigenvalue weighted by atomic mass is 16.2. The summed E-state index contributed by atoms with van der Waals surface area (Å²) in [4.78, 5) is 24.2. The number of carbonyl (C=O) groups excluding carboxylic acids is 2. The summed E-state index contributed by atoms with van der Waals surface area (Å²) in [6.07, 6.45) is 6.50. The number of Topliss-reactive ketones (excluding diaryl/α,β-unsaturated/α-hetero) is 1. The Hall–Kier alpha value is -0.860. The molecule has 3 heteroatoms. The Balaban J connectivity index is 1.71. The van der Waals surface area contributed by atoms with Crippen LogP contribution in [0.3, 0.4) is 0 Å². The van der Waals surface area contributed by atoms with Crippen molar-refractivity contribution in [1.82, 2.24) is 4.90 Å². The zero-order chi connectivity index (χ0) is 11.5. The summed E-state index contributed by atoms with van der Waals surface area (Å²) in [6, 6.07) is 0. The number of amides is 1. The highest BCUT2D eigenvalue weighted by Gasteiger charge is 2.28. The van der Waals surface area contributed by atoms with Crippen LogP contribution in [-0.4, -0.2) is 29.7 Å². The molecule has 2 aliphatic rings. The molecule has 1 saturated carbocycles. The van der Waals surface area contributed by atoms with Gasteiger partial charge in [-0.15, -0.1) is 0 Å². The molecule has 1 saturated heterocycles. The largest absolute Gasteiger partial charge is 0.335 e. The minimum Gasteiger partial charge on any atom is -0.335 e. The van der Waals surface area contributed by atoms with Crippen molar-refractivity contribution in [2.75, 3.05) is 13.1 Å². The molecule has 3 nitrogen and oxygen atoms in total. The molecule has 0 spiro atoms. The maximum atomic E-state index is 11.4. The van der Waals surface area contributed by atoms with Crippen molar-refractivity contribution in [3.8, 4) is 0 Å². The molecule has 0 atom stereocenters. The second-order valence-electron chi connectivity index (χ2n) is 5.45. The fraction of sp³-hybridized carbons (Fsp3) is 0.846. The summed E-state index contributed by atoms with van der Waals surface area (Å²) in [7, 11) is 0. The lowest BCUT2D eigenvalue weighted by molar-refractivity contribution is -0.128. The molecule has 2 fully saturated rings. The van der Waals surface area contributed by atoms with Crippen molar-refractivity contribution < 1.29 is 9.59 Å². The summed E-state index contributed by atoms with van der Waals surface area (Å²) in [5.74, 6) is 1.78. The van der Waals surface area contributed by atoms with Gasteiger partial charge in [-0.1, -0.05) is 32.6 Å². The van der Waals surface area contributed by atoms with E-state index in [9.17, 15) is 9.59 Å². The molecule has 0 N–H and O–H groups in total. The molecule has 0 aromatic heterocycles. The first-order valence-corrected chi connectivity index (χ1v) is 6.44. The van der Waals surface area contributed by atoms with Gasteiger partial charge in [0.15, 0.2) is 5.78 Å². The minimum absolute atomic E-state index is 0.0363. The van der Waals surface area contributed by atoms with Gasteiger partial charge in [0, 0.05) is 6.54 Å². The van der Waals surface area contributed by atoms with Gasteiger partial charge in [-0.3, -0.25) is 9.59 Å². The number of hydrogen-bond acceptors (Lipinski definition) is 2. The Bertz CT molecular complexity index is 280. The van der Waals surface area contributed by atoms with Crippen LogP contribution in [0.5, 0.6) is 0 Å². The van der Waals surface area contributed by atoms with Gasteiger partial charge in [-0.05, 0) is 18.3 Å². The SMILES string of the molecule is CC1CCC(CCN2CC(=O)CC2=O)CC1. The van der Waals surface area contributed by atoms with Crippen LogP contribution >= 0.6 is 0 Å². The molecule has 1 aliphatic carbocycles. The summed E-state index contributed by atoms with van der Waals surface area (Å²) in [5, 5.41) is 0. The molecule has 0 unspecified atom stereocenters. The maximum Gasteiger partial charge on any atom is 0.230 e. The summed E-state index contributed by atoms with van der Waals surface area (Å²) in [5.41, 5.74) is 0. The predicted molar refractivity (Wildman–Crippen MR) is 61.9 cm³/mol. The minimum atomic E-state index is 0.0363. The lowest BCUT2D eigenvalue weighted by Crippen LogP contribution is -2.28. The third kappa shape index (κ3) is 2.83. The topological polar surface area (TPSA) is 37.4 Å². The molecular weight excluding hydrogens is 202 g/mol. The zero-order valence-corrected chi connectivity index (χ0v) is 10.1. The van der Waals surface area contributed by atoms with E-state index >= 15 is 0 Å². The zero-order valence-electron chi connectivity index (χ0n) is 10.1. The van der Waals surface area contributed by atoms with Crippen molar-refractivity contribution in [2.24, 2.45) is 11.8 Å². The fourth-order valence-corrected chi connectivity index (χ4v) is 2.80. The van der Waals surface area contributed by atoms with Crippen molar-refractivity contribution >= 4 is 11.7 Å². The second-order valence-corrected chi connectivity index (χ2v) is 5.45. The van der Waals surface area contributed by atoms with Gasteiger partial charge in [0.05, 0.1) is 13.0 Å². The van der Waals surface area contributed by atoms with Crippen LogP contribution in [0.1, 0.15) is 45.4 Å². The van der Waals surface area contributed by atoms with Gasteiger partial charge in [-0.25, -0.2) is 0 Å². The van der Waals surface area contributed by atoms with E-state index in [4.69, 9.17) is 0 Å². The van der Waals surface area contributed by atoms with E-state index in [0.29, 0.717) is 6.54 Å². The highest BCUT2D eigenvalue weighted by Crippen LogP contribution is 2.30. The lowest BCUT2D eigenvalue weighted by Gasteiger charge is -2.27. The molecule has 0 bridgehead atoms. The van der Waals surface area contributed by atoms with Gasteiger partial charge in [0.1, 0.15) is 0 Å². The average Bonchev–Trinajstić information content (AvgIpc) is 2.57. The molecule has 0 aromatic carbocycles. The van der Waals surface area contributed by atoms with E-state index in [1.54, 1.807) is 4.90 Å². The average molecular weight is 223 g/mol. The molecular formula is C13H21NO2. The Morgan fingerprint density at radius 2 is 1.88 bits per heavy atom. The fourth-order valence-electron chi connectivity index (χ4n) is 2.80. The summed E-state index contributed by atoms with van der Waals surface area (Å²) >= 11 is 0. The van der Waals surface area contributed by atoms with Gasteiger partial charge < -0.3 is 4.90 Å². The van der Waals surface area contributed by atoms with E-state index < -0.39 is 0 Å². The smallest absolute Gasteiger partial charge is 0.230 e. The van der Waals surface area contributed by atoms with Crippen LogP contribution in [0.25, 0.3) is 0 Å². The highest BCUT2D eigenvalue weighted by molar-refractivity contribution is 6.05. The van der Waals surface area contributed by atoms with Crippen molar-refractivity contribution in [3.63, 3.8) is 0 Å². The Morgan fingerprint density at radius 3 is 2.44 bits per heavy atom. The van der Waals surface area contributed by atoms with E-state index in [1.807, 2.05) is 0 Å². The number of hydrogen-bond donors (Lipinski definition) is 0. The number of likely N-dealkylation sites (tertiary alicyclic amines) is 1. The van der Waals surface area contributed by atoms with Crippen LogP contribution in [0.15, 0.2) is 0 Å². The predicted octanol–water partition coefficient (Wildman–Crippen LogP) is 2.00. The lowest BCUT2D eigenvalue weighted by atomic mass is 9.81. The van der Waals surface area contributed by atoms with Crippen molar-refractivity contribution in [3.05, 3.63) is 0 Å². The van der Waals surface area contributed by atoms with Crippen molar-refractivity contribution in [2.45, 2.75) is 45.4 Å². The van der Waals surface area contributed by atoms with E-state index in [2.05, 4.69) is 6.92 Å².